The molecular weight excluding hydrogens is 585 g/mol. The van der Waals surface area contributed by atoms with Gasteiger partial charge in [0.25, 0.3) is 5.56 Å². The number of rotatable bonds is 10. The van der Waals surface area contributed by atoms with Gasteiger partial charge in [-0.15, -0.1) is 0 Å². The molecule has 236 valence electrons. The van der Waals surface area contributed by atoms with Crippen LogP contribution in [0.4, 0.5) is 18.9 Å². The van der Waals surface area contributed by atoms with Crippen LogP contribution in [0.15, 0.2) is 82.5 Å². The molecule has 0 saturated carbocycles. The highest BCUT2D eigenvalue weighted by Crippen LogP contribution is 2.30. The van der Waals surface area contributed by atoms with Gasteiger partial charge < -0.3 is 19.8 Å². The Bertz CT molecular complexity index is 1550. The SMILES string of the molecule is Cc1cn(-c2ccccc2)c(=O)n(CCCN2CCN(c3ccccc3OCC(F)(F)F)CC2)c1=O.O=C(O)/C=C/C(=O)O. The number of para-hydroxylation sites is 3. The average Bonchev–Trinajstić information content (AvgIpc) is 2.99. The van der Waals surface area contributed by atoms with Crippen molar-refractivity contribution in [1.82, 2.24) is 14.0 Å². The molecule has 11 nitrogen and oxygen atoms in total. The number of benzene rings is 2. The van der Waals surface area contributed by atoms with Gasteiger partial charge in [-0.25, -0.2) is 14.4 Å². The molecule has 44 heavy (non-hydrogen) atoms. The highest BCUT2D eigenvalue weighted by atomic mass is 19.4. The molecule has 2 aromatic carbocycles. The summed E-state index contributed by atoms with van der Waals surface area (Å²) in [6, 6.07) is 15.9. The lowest BCUT2D eigenvalue weighted by Gasteiger charge is -2.36. The van der Waals surface area contributed by atoms with Crippen molar-refractivity contribution >= 4 is 17.6 Å². The van der Waals surface area contributed by atoms with Crippen LogP contribution in [-0.4, -0.2) is 81.7 Å². The quantitative estimate of drug-likeness (QED) is 0.329. The normalized spacial score (nSPS) is 13.8. The zero-order chi connectivity index (χ0) is 32.3. The van der Waals surface area contributed by atoms with Crippen molar-refractivity contribution in [2.45, 2.75) is 26.1 Å². The first-order valence-corrected chi connectivity index (χ1v) is 13.6. The Kier molecular flexibility index (Phi) is 11.9. The fraction of sp³-hybridized carbons (Fsp3) is 0.333. The van der Waals surface area contributed by atoms with E-state index < -0.39 is 24.7 Å². The van der Waals surface area contributed by atoms with Gasteiger partial charge >= 0.3 is 23.8 Å². The Labute approximate surface area is 250 Å². The first-order valence-electron chi connectivity index (χ1n) is 13.6. The molecule has 0 atom stereocenters. The van der Waals surface area contributed by atoms with Crippen LogP contribution in [0.5, 0.6) is 5.75 Å². The van der Waals surface area contributed by atoms with E-state index in [-0.39, 0.29) is 17.0 Å². The van der Waals surface area contributed by atoms with Gasteiger partial charge in [0, 0.05) is 56.6 Å². The molecule has 0 bridgehead atoms. The lowest BCUT2D eigenvalue weighted by atomic mass is 10.2. The molecule has 0 aliphatic carbocycles. The van der Waals surface area contributed by atoms with Crippen LogP contribution < -0.4 is 20.9 Å². The second-order valence-corrected chi connectivity index (χ2v) is 9.82. The molecule has 2 N–H and O–H groups in total. The van der Waals surface area contributed by atoms with E-state index in [9.17, 15) is 32.3 Å². The largest absolute Gasteiger partial charge is 0.482 e. The number of piperazine rings is 1. The summed E-state index contributed by atoms with van der Waals surface area (Å²) in [4.78, 5) is 49.0. The number of alkyl halides is 3. The molecule has 2 heterocycles. The minimum atomic E-state index is -4.39. The second-order valence-electron chi connectivity index (χ2n) is 9.82. The van der Waals surface area contributed by atoms with Crippen molar-refractivity contribution in [3.8, 4) is 11.4 Å². The predicted molar refractivity (Wildman–Crippen MR) is 157 cm³/mol. The first kappa shape index (κ1) is 33.6. The monoisotopic (exact) mass is 618 g/mol. The van der Waals surface area contributed by atoms with Crippen molar-refractivity contribution in [1.29, 1.82) is 0 Å². The second kappa shape index (κ2) is 15.6. The minimum absolute atomic E-state index is 0.219. The molecule has 1 fully saturated rings. The van der Waals surface area contributed by atoms with Gasteiger partial charge in [-0.05, 0) is 44.2 Å². The number of nitrogens with zero attached hydrogens (tertiary/aromatic N) is 4. The van der Waals surface area contributed by atoms with Crippen molar-refractivity contribution in [2.24, 2.45) is 0 Å². The van der Waals surface area contributed by atoms with Gasteiger partial charge in [0.05, 0.1) is 11.4 Å². The number of aliphatic carboxylic acids is 2. The third-order valence-electron chi connectivity index (χ3n) is 6.57. The van der Waals surface area contributed by atoms with E-state index in [2.05, 4.69) is 4.90 Å². The smallest absolute Gasteiger partial charge is 0.422 e. The zero-order valence-electron chi connectivity index (χ0n) is 23.9. The summed E-state index contributed by atoms with van der Waals surface area (Å²) in [5, 5.41) is 15.6. The number of anilines is 1. The summed E-state index contributed by atoms with van der Waals surface area (Å²) in [7, 11) is 0. The molecule has 0 radical (unpaired) electrons. The van der Waals surface area contributed by atoms with Crippen molar-refractivity contribution in [3.05, 3.63) is 99.3 Å². The summed E-state index contributed by atoms with van der Waals surface area (Å²) in [6.07, 6.45) is -1.08. The van der Waals surface area contributed by atoms with Gasteiger partial charge in [0.2, 0.25) is 0 Å². The van der Waals surface area contributed by atoms with Gasteiger partial charge in [-0.3, -0.25) is 18.8 Å². The Morgan fingerprint density at radius 3 is 2.07 bits per heavy atom. The summed E-state index contributed by atoms with van der Waals surface area (Å²) in [5.41, 5.74) is 1.20. The number of carboxylic acid groups (broad SMARTS) is 2. The number of carbonyl (C=O) groups is 2. The lowest BCUT2D eigenvalue weighted by Crippen LogP contribution is -2.47. The molecule has 1 aromatic heterocycles. The maximum atomic E-state index is 13.0. The summed E-state index contributed by atoms with van der Waals surface area (Å²) in [6.45, 7) is 4.08. The van der Waals surface area contributed by atoms with E-state index in [4.69, 9.17) is 14.9 Å². The van der Waals surface area contributed by atoms with Gasteiger partial charge in [0.1, 0.15) is 5.75 Å². The molecule has 14 heteroatoms. The van der Waals surface area contributed by atoms with E-state index in [1.807, 2.05) is 35.2 Å². The first-order chi connectivity index (χ1) is 20.9. The fourth-order valence-corrected chi connectivity index (χ4v) is 4.51. The lowest BCUT2D eigenvalue weighted by molar-refractivity contribution is -0.153. The Morgan fingerprint density at radius 1 is 0.886 bits per heavy atom. The fourth-order valence-electron chi connectivity index (χ4n) is 4.51. The van der Waals surface area contributed by atoms with Crippen molar-refractivity contribution in [3.63, 3.8) is 0 Å². The third kappa shape index (κ3) is 10.2. The van der Waals surface area contributed by atoms with Crippen molar-refractivity contribution in [2.75, 3.05) is 44.2 Å². The highest BCUT2D eigenvalue weighted by Gasteiger charge is 2.29. The van der Waals surface area contributed by atoms with Gasteiger partial charge in [0.15, 0.2) is 6.61 Å². The van der Waals surface area contributed by atoms with E-state index in [0.29, 0.717) is 74.8 Å². The van der Waals surface area contributed by atoms with Crippen LogP contribution >= 0.6 is 0 Å². The molecule has 3 aromatic rings. The zero-order valence-corrected chi connectivity index (χ0v) is 23.9. The van der Waals surface area contributed by atoms with E-state index in [1.165, 1.54) is 9.13 Å². The number of hydrogen-bond acceptors (Lipinski definition) is 7. The van der Waals surface area contributed by atoms with Crippen LogP contribution in [0.25, 0.3) is 5.69 Å². The molecule has 0 unspecified atom stereocenters. The number of halogens is 3. The third-order valence-corrected chi connectivity index (χ3v) is 6.57. The Morgan fingerprint density at radius 2 is 1.48 bits per heavy atom. The Hall–Kier alpha value is -4.85. The van der Waals surface area contributed by atoms with E-state index in [0.717, 1.165) is 0 Å². The van der Waals surface area contributed by atoms with E-state index >= 15 is 0 Å². The number of hydrogen-bond donors (Lipinski definition) is 2. The van der Waals surface area contributed by atoms with Gasteiger partial charge in [-0.2, -0.15) is 13.2 Å². The van der Waals surface area contributed by atoms with Crippen LogP contribution in [-0.2, 0) is 16.1 Å². The molecule has 4 rings (SSSR count). The van der Waals surface area contributed by atoms with Crippen molar-refractivity contribution < 1.29 is 37.7 Å². The van der Waals surface area contributed by atoms with E-state index in [1.54, 1.807) is 37.4 Å². The Balaban J connectivity index is 0.000000583. The summed E-state index contributed by atoms with van der Waals surface area (Å²) >= 11 is 0. The summed E-state index contributed by atoms with van der Waals surface area (Å²) in [5.74, 6) is -2.29. The standard InChI is InChI=1S/C26H29F3N4O3.C4H4O4/c1-20-18-33(21-8-3-2-4-9-21)25(35)32(24(20)34)13-7-12-30-14-16-31(17-15-30)22-10-5-6-11-23(22)36-19-26(27,28)29;5-3(6)1-2-4(7)8/h2-6,8-11,18H,7,12-17,19H2,1H3;1-2H,(H,5,6)(H,7,8)/b;2-1+. The molecular formula is C30H33F3N4O7. The van der Waals surface area contributed by atoms with Crippen LogP contribution in [0.3, 0.4) is 0 Å². The molecule has 1 aliphatic heterocycles. The number of carboxylic acids is 2. The molecule has 0 spiro atoms. The number of aryl methyl sites for hydroxylation is 1. The number of aromatic nitrogens is 2. The maximum absolute atomic E-state index is 13.0. The average molecular weight is 619 g/mol. The number of ether oxygens (including phenoxy) is 1. The minimum Gasteiger partial charge on any atom is -0.482 e. The highest BCUT2D eigenvalue weighted by molar-refractivity contribution is 5.89. The maximum Gasteiger partial charge on any atom is 0.422 e. The summed E-state index contributed by atoms with van der Waals surface area (Å²) < 4.78 is 45.6. The van der Waals surface area contributed by atoms with Crippen LogP contribution in [0, 0.1) is 6.92 Å². The molecule has 0 amide bonds. The predicted octanol–water partition coefficient (Wildman–Crippen LogP) is 3.17. The van der Waals surface area contributed by atoms with Crippen LogP contribution in [0.1, 0.15) is 12.0 Å². The molecule has 1 aliphatic rings. The van der Waals surface area contributed by atoms with Crippen LogP contribution in [0.2, 0.25) is 0 Å². The topological polar surface area (TPSA) is 134 Å². The molecule has 1 saturated heterocycles. The van der Waals surface area contributed by atoms with Gasteiger partial charge in [-0.1, -0.05) is 30.3 Å².